The van der Waals surface area contributed by atoms with E-state index in [9.17, 15) is 14.4 Å². The van der Waals surface area contributed by atoms with Gasteiger partial charge in [0.15, 0.2) is 5.65 Å². The van der Waals surface area contributed by atoms with Gasteiger partial charge in [0.25, 0.3) is 5.56 Å². The van der Waals surface area contributed by atoms with E-state index in [1.54, 1.807) is 11.8 Å². The zero-order valence-corrected chi connectivity index (χ0v) is 20.1. The lowest BCUT2D eigenvalue weighted by molar-refractivity contribution is -0.116. The average Bonchev–Trinajstić information content (AvgIpc) is 2.73. The van der Waals surface area contributed by atoms with Crippen molar-refractivity contribution in [3.8, 4) is 0 Å². The first-order chi connectivity index (χ1) is 15.1. The first kappa shape index (κ1) is 23.7. The van der Waals surface area contributed by atoms with Gasteiger partial charge >= 0.3 is 5.69 Å². The number of hydrogen-bond donors (Lipinski definition) is 0. The van der Waals surface area contributed by atoms with Crippen molar-refractivity contribution >= 4 is 34.4 Å². The van der Waals surface area contributed by atoms with Gasteiger partial charge in [-0.3, -0.25) is 18.7 Å². The van der Waals surface area contributed by atoms with Crippen molar-refractivity contribution in [1.82, 2.24) is 19.1 Å². The molecule has 0 radical (unpaired) electrons. The van der Waals surface area contributed by atoms with Crippen LogP contribution in [0, 0.1) is 12.8 Å². The van der Waals surface area contributed by atoms with Gasteiger partial charge in [-0.1, -0.05) is 43.8 Å². The maximum atomic E-state index is 13.1. The number of anilines is 1. The lowest BCUT2D eigenvalue weighted by atomic mass is 10.2. The van der Waals surface area contributed by atoms with Crippen LogP contribution in [-0.2, 0) is 18.4 Å². The van der Waals surface area contributed by atoms with Gasteiger partial charge in [-0.15, -0.1) is 0 Å². The number of carbonyl (C=O) groups excluding carboxylic acids is 1. The van der Waals surface area contributed by atoms with Gasteiger partial charge in [-0.2, -0.15) is 0 Å². The molecule has 0 atom stereocenters. The van der Waals surface area contributed by atoms with Crippen LogP contribution in [0.1, 0.15) is 33.5 Å². The molecule has 0 spiro atoms. The number of benzene rings is 1. The Kier molecular flexibility index (Phi) is 7.18. The number of hydrogen-bond acceptors (Lipinski definition) is 6. The number of thioether (sulfide) groups is 1. The third-order valence-corrected chi connectivity index (χ3v) is 5.92. The van der Waals surface area contributed by atoms with Crippen molar-refractivity contribution in [1.29, 1.82) is 0 Å². The maximum Gasteiger partial charge on any atom is 0.332 e. The molecule has 0 aliphatic rings. The van der Waals surface area contributed by atoms with E-state index in [-0.39, 0.29) is 29.0 Å². The van der Waals surface area contributed by atoms with Crippen molar-refractivity contribution in [3.63, 3.8) is 0 Å². The quantitative estimate of drug-likeness (QED) is 0.402. The molecule has 0 saturated carbocycles. The van der Waals surface area contributed by atoms with Crippen molar-refractivity contribution in [2.24, 2.45) is 13.0 Å². The first-order valence-electron chi connectivity index (χ1n) is 10.6. The van der Waals surface area contributed by atoms with E-state index in [0.29, 0.717) is 23.0 Å². The summed E-state index contributed by atoms with van der Waals surface area (Å²) in [7, 11) is 1.45. The number of nitrogens with zero attached hydrogens (tertiary/aromatic N) is 5. The topological polar surface area (TPSA) is 90.1 Å². The number of aromatic nitrogens is 4. The maximum absolute atomic E-state index is 13.1. The molecule has 0 saturated heterocycles. The molecule has 32 heavy (non-hydrogen) atoms. The van der Waals surface area contributed by atoms with Crippen LogP contribution in [0.5, 0.6) is 0 Å². The smallest absolute Gasteiger partial charge is 0.309 e. The Morgan fingerprint density at radius 3 is 2.34 bits per heavy atom. The molecule has 3 aromatic rings. The number of rotatable bonds is 7. The molecule has 2 heterocycles. The summed E-state index contributed by atoms with van der Waals surface area (Å²) in [6.07, 6.45) is 0. The van der Waals surface area contributed by atoms with Gasteiger partial charge in [0, 0.05) is 25.3 Å². The minimum Gasteiger partial charge on any atom is -0.309 e. The van der Waals surface area contributed by atoms with Gasteiger partial charge in [0.2, 0.25) is 5.91 Å². The number of fused-ring (bicyclic) bond motifs is 1. The second-order valence-electron chi connectivity index (χ2n) is 8.41. The molecule has 0 bridgehead atoms. The summed E-state index contributed by atoms with van der Waals surface area (Å²) in [6.45, 7) is 10.1. The number of carbonyl (C=O) groups is 1. The number of aryl methyl sites for hydroxylation is 1. The van der Waals surface area contributed by atoms with Crippen LogP contribution in [0.2, 0.25) is 0 Å². The Morgan fingerprint density at radius 2 is 1.75 bits per heavy atom. The molecular formula is C23H29N5O3S. The molecule has 1 aromatic carbocycles. The average molecular weight is 456 g/mol. The van der Waals surface area contributed by atoms with E-state index in [2.05, 4.69) is 9.97 Å². The first-order valence-corrected chi connectivity index (χ1v) is 11.6. The van der Waals surface area contributed by atoms with Crippen LogP contribution in [0.15, 0.2) is 44.9 Å². The van der Waals surface area contributed by atoms with Gasteiger partial charge in [-0.25, -0.2) is 14.8 Å². The fraction of sp³-hybridized carbons (Fsp3) is 0.435. The highest BCUT2D eigenvalue weighted by Gasteiger charge is 2.22. The molecule has 0 aliphatic heterocycles. The Balaban J connectivity index is 2.04. The second-order valence-corrected chi connectivity index (χ2v) is 9.37. The van der Waals surface area contributed by atoms with Gasteiger partial charge in [-0.05, 0) is 38.8 Å². The summed E-state index contributed by atoms with van der Waals surface area (Å²) >= 11 is 1.20. The molecule has 0 N–H and O–H groups in total. The number of amides is 1. The van der Waals surface area contributed by atoms with Gasteiger partial charge < -0.3 is 4.90 Å². The van der Waals surface area contributed by atoms with Crippen LogP contribution >= 0.6 is 11.8 Å². The zero-order valence-electron chi connectivity index (χ0n) is 19.3. The van der Waals surface area contributed by atoms with Gasteiger partial charge in [0.05, 0.1) is 5.75 Å². The Hall–Kier alpha value is -2.94. The fourth-order valence-electron chi connectivity index (χ4n) is 3.59. The molecular weight excluding hydrogens is 426 g/mol. The Morgan fingerprint density at radius 1 is 1.09 bits per heavy atom. The zero-order chi connectivity index (χ0) is 23.6. The lowest BCUT2D eigenvalue weighted by Gasteiger charge is -2.26. The minimum absolute atomic E-state index is 0.0292. The predicted molar refractivity (Wildman–Crippen MR) is 128 cm³/mol. The summed E-state index contributed by atoms with van der Waals surface area (Å²) in [4.78, 5) is 49.5. The fourth-order valence-corrected chi connectivity index (χ4v) is 4.51. The third kappa shape index (κ3) is 4.77. The van der Waals surface area contributed by atoms with Gasteiger partial charge in [0.1, 0.15) is 16.2 Å². The highest BCUT2D eigenvalue weighted by molar-refractivity contribution is 8.00. The van der Waals surface area contributed by atoms with E-state index in [0.717, 1.165) is 10.3 Å². The van der Waals surface area contributed by atoms with Crippen molar-refractivity contribution in [2.45, 2.75) is 52.2 Å². The van der Waals surface area contributed by atoms with Crippen LogP contribution in [0.3, 0.4) is 0 Å². The molecule has 0 fully saturated rings. The molecule has 0 aliphatic carbocycles. The van der Waals surface area contributed by atoms with Crippen LogP contribution in [0.25, 0.3) is 11.0 Å². The summed E-state index contributed by atoms with van der Waals surface area (Å²) in [5.41, 5.74) is 0.275. The van der Waals surface area contributed by atoms with Crippen molar-refractivity contribution in [2.75, 3.05) is 10.7 Å². The normalized spacial score (nSPS) is 11.5. The summed E-state index contributed by atoms with van der Waals surface area (Å²) in [5.74, 6) is 0.645. The van der Waals surface area contributed by atoms with Crippen molar-refractivity contribution in [3.05, 3.63) is 57.0 Å². The molecule has 9 heteroatoms. The van der Waals surface area contributed by atoms with Crippen LogP contribution in [-0.4, -0.2) is 36.8 Å². The van der Waals surface area contributed by atoms with E-state index in [1.165, 1.54) is 23.4 Å². The van der Waals surface area contributed by atoms with E-state index in [1.807, 2.05) is 58.0 Å². The number of para-hydroxylation sites is 1. The Labute approximate surface area is 191 Å². The third-order valence-electron chi connectivity index (χ3n) is 4.96. The molecule has 8 nitrogen and oxygen atoms in total. The lowest BCUT2D eigenvalue weighted by Crippen LogP contribution is -2.40. The van der Waals surface area contributed by atoms with Crippen LogP contribution in [0.4, 0.5) is 5.69 Å². The highest BCUT2D eigenvalue weighted by Crippen LogP contribution is 2.25. The molecule has 170 valence electrons. The largest absolute Gasteiger partial charge is 0.332 e. The van der Waals surface area contributed by atoms with Crippen LogP contribution < -0.4 is 16.1 Å². The predicted octanol–water partition coefficient (Wildman–Crippen LogP) is 2.99. The van der Waals surface area contributed by atoms with Crippen molar-refractivity contribution < 1.29 is 4.79 Å². The second kappa shape index (κ2) is 9.68. The summed E-state index contributed by atoms with van der Waals surface area (Å²) in [5, 5.41) is 0.683. The summed E-state index contributed by atoms with van der Waals surface area (Å²) < 4.78 is 2.60. The molecule has 0 unspecified atom stereocenters. The molecule has 2 aromatic heterocycles. The molecule has 1 amide bonds. The summed E-state index contributed by atoms with van der Waals surface area (Å²) in [6, 6.07) is 9.45. The molecule has 3 rings (SSSR count). The minimum atomic E-state index is -0.455. The highest BCUT2D eigenvalue weighted by atomic mass is 32.2. The Bertz CT molecular complexity index is 1250. The monoisotopic (exact) mass is 455 g/mol. The van der Waals surface area contributed by atoms with E-state index >= 15 is 0 Å². The SMILES string of the molecule is Cc1nc(SCC(=O)N(c2ccccc2)C(C)C)c2c(=O)n(C)c(=O)n(CC(C)C)c2n1. The van der Waals surface area contributed by atoms with E-state index < -0.39 is 11.2 Å². The van der Waals surface area contributed by atoms with E-state index in [4.69, 9.17) is 0 Å². The standard InChI is InChI=1S/C23H29N5O3S/c1-14(2)12-27-20-19(22(30)26(6)23(27)31)21(25-16(5)24-20)32-13-18(29)28(15(3)4)17-10-8-7-9-11-17/h7-11,14-15H,12-13H2,1-6H3.